The second kappa shape index (κ2) is 5.50. The molecule has 0 aliphatic carbocycles. The van der Waals surface area contributed by atoms with Gasteiger partial charge < -0.3 is 5.32 Å². The lowest BCUT2D eigenvalue weighted by atomic mass is 10.3. The SMILES string of the molecule is CCC(CSC)Nc1nc(C)cs1. The van der Waals surface area contributed by atoms with E-state index in [4.69, 9.17) is 0 Å². The molecule has 1 aromatic rings. The van der Waals surface area contributed by atoms with Crippen molar-refractivity contribution in [2.45, 2.75) is 26.3 Å². The van der Waals surface area contributed by atoms with Gasteiger partial charge in [0.25, 0.3) is 0 Å². The number of hydrogen-bond donors (Lipinski definition) is 1. The highest BCUT2D eigenvalue weighted by Gasteiger charge is 2.06. The van der Waals surface area contributed by atoms with E-state index in [0.717, 1.165) is 23.0 Å². The first kappa shape index (κ1) is 10.9. The topological polar surface area (TPSA) is 24.9 Å². The largest absolute Gasteiger partial charge is 0.358 e. The van der Waals surface area contributed by atoms with Crippen LogP contribution < -0.4 is 5.32 Å². The zero-order chi connectivity index (χ0) is 9.68. The van der Waals surface area contributed by atoms with Gasteiger partial charge in [0, 0.05) is 17.2 Å². The van der Waals surface area contributed by atoms with Crippen LogP contribution in [0.3, 0.4) is 0 Å². The molecule has 2 nitrogen and oxygen atoms in total. The fourth-order valence-corrected chi connectivity index (χ4v) is 2.55. The smallest absolute Gasteiger partial charge is 0.183 e. The van der Waals surface area contributed by atoms with Crippen molar-refractivity contribution < 1.29 is 0 Å². The third kappa shape index (κ3) is 3.56. The lowest BCUT2D eigenvalue weighted by molar-refractivity contribution is 0.773. The van der Waals surface area contributed by atoms with Crippen molar-refractivity contribution in [2.75, 3.05) is 17.3 Å². The molecule has 0 bridgehead atoms. The molecule has 0 aliphatic heterocycles. The van der Waals surface area contributed by atoms with Gasteiger partial charge in [0.1, 0.15) is 0 Å². The number of aromatic nitrogens is 1. The summed E-state index contributed by atoms with van der Waals surface area (Å²) in [6.45, 7) is 4.23. The molecule has 0 saturated carbocycles. The second-order valence-corrected chi connectivity index (χ2v) is 4.77. The summed E-state index contributed by atoms with van der Waals surface area (Å²) < 4.78 is 0. The first-order chi connectivity index (χ1) is 6.26. The monoisotopic (exact) mass is 216 g/mol. The fourth-order valence-electron chi connectivity index (χ4n) is 1.06. The van der Waals surface area contributed by atoms with E-state index in [9.17, 15) is 0 Å². The summed E-state index contributed by atoms with van der Waals surface area (Å²) >= 11 is 3.56. The summed E-state index contributed by atoms with van der Waals surface area (Å²) in [4.78, 5) is 4.38. The van der Waals surface area contributed by atoms with E-state index in [-0.39, 0.29) is 0 Å². The quantitative estimate of drug-likeness (QED) is 0.819. The fraction of sp³-hybridized carbons (Fsp3) is 0.667. The molecule has 13 heavy (non-hydrogen) atoms. The highest BCUT2D eigenvalue weighted by molar-refractivity contribution is 7.98. The van der Waals surface area contributed by atoms with E-state index in [1.807, 2.05) is 18.7 Å². The van der Waals surface area contributed by atoms with Gasteiger partial charge in [-0.25, -0.2) is 4.98 Å². The number of thiazole rings is 1. The predicted octanol–water partition coefficient (Wildman–Crippen LogP) is 3.01. The summed E-state index contributed by atoms with van der Waals surface area (Å²) in [6.07, 6.45) is 3.29. The van der Waals surface area contributed by atoms with Crippen LogP contribution in [0.2, 0.25) is 0 Å². The molecule has 1 N–H and O–H groups in total. The number of aryl methyl sites for hydroxylation is 1. The Morgan fingerprint density at radius 3 is 2.92 bits per heavy atom. The minimum atomic E-state index is 0.556. The maximum Gasteiger partial charge on any atom is 0.183 e. The second-order valence-electron chi connectivity index (χ2n) is 3.00. The highest BCUT2D eigenvalue weighted by Crippen LogP contribution is 2.17. The maximum atomic E-state index is 4.38. The van der Waals surface area contributed by atoms with Crippen LogP contribution in [0.5, 0.6) is 0 Å². The van der Waals surface area contributed by atoms with Crippen molar-refractivity contribution in [3.8, 4) is 0 Å². The average molecular weight is 216 g/mol. The molecule has 1 rings (SSSR count). The molecule has 74 valence electrons. The maximum absolute atomic E-state index is 4.38. The molecule has 0 radical (unpaired) electrons. The van der Waals surface area contributed by atoms with E-state index >= 15 is 0 Å². The van der Waals surface area contributed by atoms with Crippen molar-refractivity contribution in [2.24, 2.45) is 0 Å². The summed E-state index contributed by atoms with van der Waals surface area (Å²) in [6, 6.07) is 0.556. The van der Waals surface area contributed by atoms with Gasteiger partial charge in [0.05, 0.1) is 5.69 Å². The molecule has 1 atom stereocenters. The molecular weight excluding hydrogens is 200 g/mol. The Kier molecular flexibility index (Phi) is 4.59. The normalized spacial score (nSPS) is 12.8. The standard InChI is InChI=1S/C9H16N2S2/c1-4-8(6-12-3)11-9-10-7(2)5-13-9/h5,8H,4,6H2,1-3H3,(H,10,11). The summed E-state index contributed by atoms with van der Waals surface area (Å²) in [7, 11) is 0. The minimum absolute atomic E-state index is 0.556. The number of anilines is 1. The number of rotatable bonds is 5. The molecule has 4 heteroatoms. The van der Waals surface area contributed by atoms with E-state index in [2.05, 4.69) is 28.9 Å². The zero-order valence-corrected chi connectivity index (χ0v) is 9.97. The Morgan fingerprint density at radius 2 is 2.46 bits per heavy atom. The van der Waals surface area contributed by atoms with E-state index < -0.39 is 0 Å². The lowest BCUT2D eigenvalue weighted by Gasteiger charge is -2.14. The molecule has 0 amide bonds. The third-order valence-corrected chi connectivity index (χ3v) is 3.43. The van der Waals surface area contributed by atoms with Crippen LogP contribution >= 0.6 is 23.1 Å². The van der Waals surface area contributed by atoms with Crippen LogP contribution in [0.4, 0.5) is 5.13 Å². The zero-order valence-electron chi connectivity index (χ0n) is 8.33. The first-order valence-electron chi connectivity index (χ1n) is 4.43. The minimum Gasteiger partial charge on any atom is -0.358 e. The molecule has 0 spiro atoms. The Bertz CT molecular complexity index is 248. The molecule has 1 aromatic heterocycles. The van der Waals surface area contributed by atoms with Crippen LogP contribution in [-0.2, 0) is 0 Å². The van der Waals surface area contributed by atoms with Crippen LogP contribution in [-0.4, -0.2) is 23.0 Å². The molecule has 0 fully saturated rings. The molecule has 0 aliphatic rings. The van der Waals surface area contributed by atoms with E-state index in [1.165, 1.54) is 0 Å². The van der Waals surface area contributed by atoms with Crippen LogP contribution in [0.1, 0.15) is 19.0 Å². The highest BCUT2D eigenvalue weighted by atomic mass is 32.2. The molecule has 0 aromatic carbocycles. The van der Waals surface area contributed by atoms with Crippen molar-refractivity contribution in [1.29, 1.82) is 0 Å². The Morgan fingerprint density at radius 1 is 1.69 bits per heavy atom. The summed E-state index contributed by atoms with van der Waals surface area (Å²) in [5, 5.41) is 6.57. The molecular formula is C9H16N2S2. The Hall–Kier alpha value is -0.220. The van der Waals surface area contributed by atoms with Gasteiger partial charge in [0.15, 0.2) is 5.13 Å². The van der Waals surface area contributed by atoms with Crippen LogP contribution in [0.15, 0.2) is 5.38 Å². The lowest BCUT2D eigenvalue weighted by Crippen LogP contribution is -2.20. The van der Waals surface area contributed by atoms with Gasteiger partial charge in [-0.2, -0.15) is 11.8 Å². The van der Waals surface area contributed by atoms with Crippen molar-refractivity contribution >= 4 is 28.2 Å². The Labute approximate surface area is 88.2 Å². The first-order valence-corrected chi connectivity index (χ1v) is 6.71. The Balaban J connectivity index is 2.46. The molecule has 1 heterocycles. The molecule has 1 unspecified atom stereocenters. The van der Waals surface area contributed by atoms with Gasteiger partial charge in [-0.05, 0) is 19.6 Å². The predicted molar refractivity (Wildman–Crippen MR) is 62.9 cm³/mol. The third-order valence-electron chi connectivity index (χ3n) is 1.81. The van der Waals surface area contributed by atoms with E-state index in [0.29, 0.717) is 6.04 Å². The van der Waals surface area contributed by atoms with Crippen molar-refractivity contribution in [3.63, 3.8) is 0 Å². The van der Waals surface area contributed by atoms with Gasteiger partial charge in [-0.1, -0.05) is 6.92 Å². The number of nitrogens with zero attached hydrogens (tertiary/aromatic N) is 1. The van der Waals surface area contributed by atoms with Crippen LogP contribution in [0, 0.1) is 6.92 Å². The van der Waals surface area contributed by atoms with Crippen LogP contribution in [0.25, 0.3) is 0 Å². The summed E-state index contributed by atoms with van der Waals surface area (Å²) in [5.74, 6) is 1.15. The van der Waals surface area contributed by atoms with Gasteiger partial charge in [-0.15, -0.1) is 11.3 Å². The van der Waals surface area contributed by atoms with Gasteiger partial charge in [0.2, 0.25) is 0 Å². The summed E-state index contributed by atoms with van der Waals surface area (Å²) in [5.41, 5.74) is 1.10. The number of nitrogens with one attached hydrogen (secondary N) is 1. The molecule has 0 saturated heterocycles. The van der Waals surface area contributed by atoms with Gasteiger partial charge in [-0.3, -0.25) is 0 Å². The van der Waals surface area contributed by atoms with Crippen molar-refractivity contribution in [1.82, 2.24) is 4.98 Å². The number of hydrogen-bond acceptors (Lipinski definition) is 4. The van der Waals surface area contributed by atoms with E-state index in [1.54, 1.807) is 11.3 Å². The van der Waals surface area contributed by atoms with Gasteiger partial charge >= 0.3 is 0 Å². The average Bonchev–Trinajstić information content (AvgIpc) is 2.50. The van der Waals surface area contributed by atoms with Crippen molar-refractivity contribution in [3.05, 3.63) is 11.1 Å². The number of thioether (sulfide) groups is 1.